The number of rotatable bonds is 4. The third-order valence-electron chi connectivity index (χ3n) is 3.15. The maximum absolute atomic E-state index is 12.0. The molecule has 22 heavy (non-hydrogen) atoms. The number of hydrogen-bond acceptors (Lipinski definition) is 3. The van der Waals surface area contributed by atoms with Gasteiger partial charge in [-0.15, -0.1) is 0 Å². The number of halogens is 3. The van der Waals surface area contributed by atoms with Crippen LogP contribution in [0.4, 0.5) is 11.4 Å². The highest BCUT2D eigenvalue weighted by Crippen LogP contribution is 2.35. The summed E-state index contributed by atoms with van der Waals surface area (Å²) in [4.78, 5) is 25.4. The van der Waals surface area contributed by atoms with Gasteiger partial charge in [-0.3, -0.25) is 9.59 Å². The van der Waals surface area contributed by atoms with Crippen LogP contribution in [0.15, 0.2) is 18.2 Å². The molecule has 1 aromatic rings. The third kappa shape index (κ3) is 3.97. The molecule has 120 valence electrons. The topological polar surface area (TPSA) is 58.6 Å². The van der Waals surface area contributed by atoms with Gasteiger partial charge in [0, 0.05) is 12.2 Å². The Labute approximate surface area is 143 Å². The number of amides is 2. The first kappa shape index (κ1) is 17.2. The second-order valence-electron chi connectivity index (χ2n) is 4.82. The first-order chi connectivity index (χ1) is 10.3. The molecule has 5 nitrogen and oxygen atoms in total. The first-order valence-electron chi connectivity index (χ1n) is 6.78. The van der Waals surface area contributed by atoms with Crippen LogP contribution in [0.25, 0.3) is 0 Å². The zero-order valence-corrected chi connectivity index (χ0v) is 14.1. The van der Waals surface area contributed by atoms with E-state index in [1.54, 1.807) is 23.1 Å². The molecule has 2 rings (SSSR count). The van der Waals surface area contributed by atoms with E-state index in [1.165, 1.54) is 0 Å². The van der Waals surface area contributed by atoms with E-state index in [9.17, 15) is 9.59 Å². The number of fused-ring (bicyclic) bond motifs is 1. The minimum absolute atomic E-state index is 0.0105. The van der Waals surface area contributed by atoms with Crippen LogP contribution in [-0.4, -0.2) is 28.8 Å². The molecule has 0 aromatic heterocycles. The van der Waals surface area contributed by atoms with Crippen molar-refractivity contribution in [1.82, 2.24) is 0 Å². The number of carbonyl (C=O) groups excluding carboxylic acids is 2. The van der Waals surface area contributed by atoms with E-state index in [2.05, 4.69) is 5.32 Å². The smallest absolute Gasteiger partial charge is 0.276 e. The summed E-state index contributed by atoms with van der Waals surface area (Å²) in [5, 5.41) is 2.50. The van der Waals surface area contributed by atoms with E-state index in [4.69, 9.17) is 39.5 Å². The summed E-state index contributed by atoms with van der Waals surface area (Å²) in [5.41, 5.74) is 1.03. The van der Waals surface area contributed by atoms with Crippen LogP contribution < -0.4 is 15.0 Å². The van der Waals surface area contributed by atoms with Gasteiger partial charge in [0.05, 0.1) is 5.69 Å². The van der Waals surface area contributed by atoms with Crippen molar-refractivity contribution in [2.75, 3.05) is 23.4 Å². The molecule has 1 heterocycles. The number of nitrogens with one attached hydrogen (secondary N) is 1. The summed E-state index contributed by atoms with van der Waals surface area (Å²) in [7, 11) is 0. The van der Waals surface area contributed by atoms with Crippen molar-refractivity contribution in [1.29, 1.82) is 0 Å². The summed E-state index contributed by atoms with van der Waals surface area (Å²) < 4.78 is 3.34. The first-order valence-corrected chi connectivity index (χ1v) is 7.91. The summed E-state index contributed by atoms with van der Waals surface area (Å²) in [6, 6.07) is 4.94. The van der Waals surface area contributed by atoms with Gasteiger partial charge in [0.25, 0.3) is 15.6 Å². The molecule has 0 saturated carbocycles. The van der Waals surface area contributed by atoms with Gasteiger partial charge in [-0.25, -0.2) is 0 Å². The van der Waals surface area contributed by atoms with Crippen molar-refractivity contribution >= 4 is 58.0 Å². The lowest BCUT2D eigenvalue weighted by Gasteiger charge is -2.29. The van der Waals surface area contributed by atoms with Gasteiger partial charge in [0.15, 0.2) is 6.61 Å². The maximum Gasteiger partial charge on any atom is 0.276 e. The molecule has 0 bridgehead atoms. The van der Waals surface area contributed by atoms with Gasteiger partial charge in [-0.05, 0) is 24.6 Å². The highest BCUT2D eigenvalue weighted by molar-refractivity contribution is 6.76. The van der Waals surface area contributed by atoms with Crippen LogP contribution in [0.5, 0.6) is 5.75 Å². The number of ether oxygens (including phenoxy) is 1. The fourth-order valence-corrected chi connectivity index (χ4v) is 2.18. The van der Waals surface area contributed by atoms with E-state index in [1.807, 2.05) is 6.92 Å². The standard InChI is InChI=1S/C14H15Cl3N2O3/c1-2-3-6-19-10-7-9(18-13(21)14(15,16)17)4-5-11(10)22-8-12(19)20/h4-5,7H,2-3,6,8H2,1H3,(H,18,21). The van der Waals surface area contributed by atoms with Crippen molar-refractivity contribution in [3.63, 3.8) is 0 Å². The SMILES string of the molecule is CCCCN1C(=O)COc2ccc(NC(=O)C(Cl)(Cl)Cl)cc21. The Hall–Kier alpha value is -1.17. The Kier molecular flexibility index (Phi) is 5.42. The second kappa shape index (κ2) is 6.94. The highest BCUT2D eigenvalue weighted by atomic mass is 35.6. The largest absolute Gasteiger partial charge is 0.482 e. The molecular weight excluding hydrogens is 351 g/mol. The number of benzene rings is 1. The predicted octanol–water partition coefficient (Wildman–Crippen LogP) is 3.52. The van der Waals surface area contributed by atoms with E-state index >= 15 is 0 Å². The van der Waals surface area contributed by atoms with Crippen molar-refractivity contribution in [2.24, 2.45) is 0 Å². The quantitative estimate of drug-likeness (QED) is 0.831. The van der Waals surface area contributed by atoms with E-state index < -0.39 is 9.70 Å². The average molecular weight is 366 g/mol. The zero-order valence-electron chi connectivity index (χ0n) is 11.9. The zero-order chi connectivity index (χ0) is 16.3. The molecule has 0 fully saturated rings. The molecule has 1 aliphatic heterocycles. The summed E-state index contributed by atoms with van der Waals surface area (Å²) in [6.07, 6.45) is 1.83. The van der Waals surface area contributed by atoms with E-state index in [0.717, 1.165) is 12.8 Å². The monoisotopic (exact) mass is 364 g/mol. The molecule has 0 radical (unpaired) electrons. The summed E-state index contributed by atoms with van der Waals surface area (Å²) in [5.74, 6) is -0.297. The molecule has 1 N–H and O–H groups in total. The lowest BCUT2D eigenvalue weighted by Crippen LogP contribution is -2.39. The Morgan fingerprint density at radius 3 is 2.77 bits per heavy atom. The molecule has 8 heteroatoms. The lowest BCUT2D eigenvalue weighted by molar-refractivity contribution is -0.121. The van der Waals surface area contributed by atoms with Crippen molar-refractivity contribution in [3.8, 4) is 5.75 Å². The van der Waals surface area contributed by atoms with Crippen molar-refractivity contribution in [3.05, 3.63) is 18.2 Å². The van der Waals surface area contributed by atoms with Crippen LogP contribution in [0, 0.1) is 0 Å². The highest BCUT2D eigenvalue weighted by Gasteiger charge is 2.31. The maximum atomic E-state index is 12.0. The fraction of sp³-hybridized carbons (Fsp3) is 0.429. The lowest BCUT2D eigenvalue weighted by atomic mass is 10.2. The number of alkyl halides is 3. The van der Waals surface area contributed by atoms with E-state index in [0.29, 0.717) is 23.7 Å². The number of hydrogen-bond donors (Lipinski definition) is 1. The van der Waals surface area contributed by atoms with Gasteiger partial charge >= 0.3 is 0 Å². The molecule has 2 amide bonds. The van der Waals surface area contributed by atoms with Crippen LogP contribution in [0.2, 0.25) is 0 Å². The molecule has 0 spiro atoms. The van der Waals surface area contributed by atoms with Crippen LogP contribution in [0.3, 0.4) is 0 Å². The molecule has 0 aliphatic carbocycles. The Balaban J connectivity index is 2.26. The Morgan fingerprint density at radius 1 is 1.41 bits per heavy atom. The minimum Gasteiger partial charge on any atom is -0.482 e. The van der Waals surface area contributed by atoms with E-state index in [-0.39, 0.29) is 12.5 Å². The van der Waals surface area contributed by atoms with Crippen LogP contribution in [-0.2, 0) is 9.59 Å². The molecule has 0 unspecified atom stereocenters. The summed E-state index contributed by atoms with van der Waals surface area (Å²) >= 11 is 16.6. The van der Waals surface area contributed by atoms with Gasteiger partial charge < -0.3 is 15.0 Å². The Bertz CT molecular complexity index is 587. The number of nitrogens with zero attached hydrogens (tertiary/aromatic N) is 1. The molecule has 1 aliphatic rings. The molecule has 0 atom stereocenters. The Morgan fingerprint density at radius 2 is 2.14 bits per heavy atom. The molecular formula is C14H15Cl3N2O3. The third-order valence-corrected chi connectivity index (χ3v) is 3.67. The van der Waals surface area contributed by atoms with Crippen LogP contribution >= 0.6 is 34.8 Å². The molecule has 0 saturated heterocycles. The number of carbonyl (C=O) groups is 2. The van der Waals surface area contributed by atoms with Crippen LogP contribution in [0.1, 0.15) is 19.8 Å². The van der Waals surface area contributed by atoms with Gasteiger partial charge in [0.1, 0.15) is 5.75 Å². The summed E-state index contributed by atoms with van der Waals surface area (Å²) in [6.45, 7) is 2.65. The number of anilines is 2. The minimum atomic E-state index is -2.05. The second-order valence-corrected chi connectivity index (χ2v) is 7.10. The van der Waals surface area contributed by atoms with Gasteiger partial charge in [0.2, 0.25) is 0 Å². The predicted molar refractivity (Wildman–Crippen MR) is 88.1 cm³/mol. The molecule has 1 aromatic carbocycles. The van der Waals surface area contributed by atoms with Gasteiger partial charge in [-0.1, -0.05) is 48.1 Å². The van der Waals surface area contributed by atoms with Crippen molar-refractivity contribution < 1.29 is 14.3 Å². The number of unbranched alkanes of at least 4 members (excludes halogenated alkanes) is 1. The average Bonchev–Trinajstić information content (AvgIpc) is 2.45. The van der Waals surface area contributed by atoms with Crippen molar-refractivity contribution in [2.45, 2.75) is 23.6 Å². The normalized spacial score (nSPS) is 14.4. The fourth-order valence-electron chi connectivity index (χ4n) is 2.04. The van der Waals surface area contributed by atoms with Gasteiger partial charge in [-0.2, -0.15) is 0 Å².